The summed E-state index contributed by atoms with van der Waals surface area (Å²) in [5, 5.41) is 6.41. The van der Waals surface area contributed by atoms with Gasteiger partial charge in [0.1, 0.15) is 28.8 Å². The Labute approximate surface area is 158 Å². The van der Waals surface area contributed by atoms with Gasteiger partial charge in [-0.2, -0.15) is 0 Å². The Balaban J connectivity index is 2.31. The normalized spacial score (nSPS) is 10.6. The highest BCUT2D eigenvalue weighted by molar-refractivity contribution is 6.32. The number of benzene rings is 1. The van der Waals surface area contributed by atoms with Gasteiger partial charge in [-0.15, -0.1) is 0 Å². The molecule has 140 valence electrons. The quantitative estimate of drug-likeness (QED) is 0.765. The van der Waals surface area contributed by atoms with E-state index in [0.717, 1.165) is 0 Å². The maximum absolute atomic E-state index is 12.3. The summed E-state index contributed by atoms with van der Waals surface area (Å²) in [5.74, 6) is 2.08. The molecule has 0 unspecified atom stereocenters. The number of methoxy groups -OCH3 is 2. The molecular weight excluding hydrogens is 356 g/mol. The van der Waals surface area contributed by atoms with Crippen LogP contribution in [0.5, 0.6) is 11.5 Å². The molecule has 0 saturated carbocycles. The zero-order valence-corrected chi connectivity index (χ0v) is 16.3. The summed E-state index contributed by atoms with van der Waals surface area (Å²) in [6.45, 7) is 6.36. The summed E-state index contributed by atoms with van der Waals surface area (Å²) < 4.78 is 10.6. The zero-order chi connectivity index (χ0) is 19.3. The van der Waals surface area contributed by atoms with Crippen molar-refractivity contribution >= 4 is 29.0 Å². The third-order valence-electron chi connectivity index (χ3n) is 3.48. The van der Waals surface area contributed by atoms with E-state index in [1.165, 1.54) is 7.11 Å². The van der Waals surface area contributed by atoms with Crippen LogP contribution < -0.4 is 20.1 Å². The van der Waals surface area contributed by atoms with E-state index in [9.17, 15) is 4.79 Å². The highest BCUT2D eigenvalue weighted by Crippen LogP contribution is 2.37. The van der Waals surface area contributed by atoms with Gasteiger partial charge in [0, 0.05) is 24.7 Å². The number of anilines is 2. The molecule has 1 heterocycles. The molecule has 0 aliphatic heterocycles. The summed E-state index contributed by atoms with van der Waals surface area (Å²) in [5.41, 5.74) is 0.904. The molecule has 0 fully saturated rings. The van der Waals surface area contributed by atoms with Gasteiger partial charge in [-0.05, 0) is 12.8 Å². The largest absolute Gasteiger partial charge is 0.495 e. The van der Waals surface area contributed by atoms with Crippen LogP contribution in [0.4, 0.5) is 11.5 Å². The van der Waals surface area contributed by atoms with Crippen molar-refractivity contribution in [1.82, 2.24) is 15.3 Å². The highest BCUT2D eigenvalue weighted by atomic mass is 35.5. The molecule has 2 N–H and O–H groups in total. The minimum atomic E-state index is -0.243. The van der Waals surface area contributed by atoms with Crippen LogP contribution >= 0.6 is 11.6 Å². The van der Waals surface area contributed by atoms with Crippen molar-refractivity contribution in [3.05, 3.63) is 34.7 Å². The average Bonchev–Trinajstić information content (AvgIpc) is 2.60. The Morgan fingerprint density at radius 2 is 1.85 bits per heavy atom. The number of hydrogen-bond donors (Lipinski definition) is 2. The van der Waals surface area contributed by atoms with Crippen molar-refractivity contribution in [2.75, 3.05) is 26.1 Å². The van der Waals surface area contributed by atoms with Crippen molar-refractivity contribution in [2.24, 2.45) is 5.92 Å². The van der Waals surface area contributed by atoms with Crippen molar-refractivity contribution in [3.8, 4) is 11.5 Å². The van der Waals surface area contributed by atoms with E-state index >= 15 is 0 Å². The number of aryl methyl sites for hydroxylation is 1. The number of nitrogens with one attached hydrogen (secondary N) is 2. The smallest absolute Gasteiger partial charge is 0.270 e. The second kappa shape index (κ2) is 8.71. The van der Waals surface area contributed by atoms with E-state index in [2.05, 4.69) is 20.6 Å². The fourth-order valence-corrected chi connectivity index (χ4v) is 2.46. The van der Waals surface area contributed by atoms with Crippen LogP contribution in [0.25, 0.3) is 0 Å². The molecule has 0 aliphatic rings. The maximum atomic E-state index is 12.3. The molecule has 0 bridgehead atoms. The Hall–Kier alpha value is -2.54. The summed E-state index contributed by atoms with van der Waals surface area (Å²) in [4.78, 5) is 20.8. The fraction of sp³-hybridized carbons (Fsp3) is 0.389. The zero-order valence-electron chi connectivity index (χ0n) is 15.5. The topological polar surface area (TPSA) is 85.4 Å². The van der Waals surface area contributed by atoms with Gasteiger partial charge in [-0.1, -0.05) is 25.4 Å². The van der Waals surface area contributed by atoms with E-state index in [0.29, 0.717) is 52.0 Å². The van der Waals surface area contributed by atoms with Gasteiger partial charge in [-0.25, -0.2) is 9.97 Å². The number of carbonyl (C=O) groups excluding carboxylic acids is 1. The third kappa shape index (κ3) is 4.98. The van der Waals surface area contributed by atoms with Crippen LogP contribution in [0.3, 0.4) is 0 Å². The van der Waals surface area contributed by atoms with Gasteiger partial charge >= 0.3 is 0 Å². The van der Waals surface area contributed by atoms with E-state index in [1.54, 1.807) is 32.2 Å². The van der Waals surface area contributed by atoms with E-state index < -0.39 is 0 Å². The van der Waals surface area contributed by atoms with Gasteiger partial charge in [0.25, 0.3) is 5.91 Å². The fourth-order valence-electron chi connectivity index (χ4n) is 2.23. The number of nitrogens with zero attached hydrogens (tertiary/aromatic N) is 2. The molecule has 0 atom stereocenters. The van der Waals surface area contributed by atoms with Crippen LogP contribution in [0.2, 0.25) is 5.02 Å². The van der Waals surface area contributed by atoms with E-state index in [-0.39, 0.29) is 5.91 Å². The second-order valence-electron chi connectivity index (χ2n) is 6.10. The molecule has 8 heteroatoms. The minimum Gasteiger partial charge on any atom is -0.495 e. The monoisotopic (exact) mass is 378 g/mol. The van der Waals surface area contributed by atoms with Crippen LogP contribution in [0.15, 0.2) is 18.2 Å². The van der Waals surface area contributed by atoms with Crippen LogP contribution in [0.1, 0.15) is 30.2 Å². The van der Waals surface area contributed by atoms with Crippen molar-refractivity contribution in [2.45, 2.75) is 20.8 Å². The average molecular weight is 379 g/mol. The first-order valence-corrected chi connectivity index (χ1v) is 8.54. The van der Waals surface area contributed by atoms with Gasteiger partial charge in [0.05, 0.1) is 24.9 Å². The molecule has 0 saturated heterocycles. The lowest BCUT2D eigenvalue weighted by Gasteiger charge is -2.14. The van der Waals surface area contributed by atoms with Gasteiger partial charge < -0.3 is 20.1 Å². The lowest BCUT2D eigenvalue weighted by atomic mass is 10.2. The molecule has 2 aromatic rings. The van der Waals surface area contributed by atoms with Crippen LogP contribution in [0, 0.1) is 12.8 Å². The molecule has 26 heavy (non-hydrogen) atoms. The summed E-state index contributed by atoms with van der Waals surface area (Å²) in [7, 11) is 3.07. The summed E-state index contributed by atoms with van der Waals surface area (Å²) >= 11 is 6.12. The van der Waals surface area contributed by atoms with Crippen molar-refractivity contribution in [1.29, 1.82) is 0 Å². The lowest BCUT2D eigenvalue weighted by molar-refractivity contribution is 0.0943. The molecule has 0 radical (unpaired) electrons. The first-order valence-electron chi connectivity index (χ1n) is 8.16. The summed E-state index contributed by atoms with van der Waals surface area (Å²) in [6, 6.07) is 4.94. The van der Waals surface area contributed by atoms with Gasteiger partial charge in [0.15, 0.2) is 0 Å². The standard InChI is InChI=1S/C18H23ClN4O3/c1-10(2)9-20-18(24)14-8-17(22-11(3)21-14)23-13-7-15(25-4)12(19)6-16(13)26-5/h6-8,10H,9H2,1-5H3,(H,20,24)(H,21,22,23). The van der Waals surface area contributed by atoms with Gasteiger partial charge in [-0.3, -0.25) is 4.79 Å². The molecule has 1 amide bonds. The predicted molar refractivity (Wildman–Crippen MR) is 102 cm³/mol. The number of halogens is 1. The third-order valence-corrected chi connectivity index (χ3v) is 3.77. The number of amides is 1. The SMILES string of the molecule is COc1cc(Nc2cc(C(=O)NCC(C)C)nc(C)n2)c(OC)cc1Cl. The molecule has 2 rings (SSSR count). The Kier molecular flexibility index (Phi) is 6.63. The molecule has 1 aromatic carbocycles. The molecule has 0 aliphatic carbocycles. The van der Waals surface area contributed by atoms with E-state index in [1.807, 2.05) is 13.8 Å². The predicted octanol–water partition coefficient (Wildman–Crippen LogP) is 3.59. The first-order chi connectivity index (χ1) is 12.3. The molecule has 1 aromatic heterocycles. The molecular formula is C18H23ClN4O3. The van der Waals surface area contributed by atoms with Gasteiger partial charge in [0.2, 0.25) is 0 Å². The van der Waals surface area contributed by atoms with E-state index in [4.69, 9.17) is 21.1 Å². The maximum Gasteiger partial charge on any atom is 0.270 e. The Morgan fingerprint density at radius 1 is 1.15 bits per heavy atom. The number of ether oxygens (including phenoxy) is 2. The first kappa shape index (κ1) is 19.8. The van der Waals surface area contributed by atoms with Crippen LogP contribution in [-0.2, 0) is 0 Å². The summed E-state index contributed by atoms with van der Waals surface area (Å²) in [6.07, 6.45) is 0. The van der Waals surface area contributed by atoms with Crippen LogP contribution in [-0.4, -0.2) is 36.6 Å². The Bertz CT molecular complexity index is 796. The van der Waals surface area contributed by atoms with Crippen molar-refractivity contribution in [3.63, 3.8) is 0 Å². The van der Waals surface area contributed by atoms with Crippen molar-refractivity contribution < 1.29 is 14.3 Å². The number of rotatable bonds is 7. The highest BCUT2D eigenvalue weighted by Gasteiger charge is 2.14. The second-order valence-corrected chi connectivity index (χ2v) is 6.51. The minimum absolute atomic E-state index is 0.243. The Morgan fingerprint density at radius 3 is 2.46 bits per heavy atom. The number of hydrogen-bond acceptors (Lipinski definition) is 6. The lowest BCUT2D eigenvalue weighted by Crippen LogP contribution is -2.28. The number of aromatic nitrogens is 2. The molecule has 0 spiro atoms. The molecule has 7 nitrogen and oxygen atoms in total. The number of carbonyl (C=O) groups is 1.